The van der Waals surface area contributed by atoms with Gasteiger partial charge in [-0.15, -0.1) is 0 Å². The topological polar surface area (TPSA) is 90.0 Å². The van der Waals surface area contributed by atoms with E-state index >= 15 is 0 Å². The summed E-state index contributed by atoms with van der Waals surface area (Å²) in [7, 11) is 0. The van der Waals surface area contributed by atoms with Gasteiger partial charge < -0.3 is 5.32 Å². The van der Waals surface area contributed by atoms with E-state index in [9.17, 15) is 19.2 Å². The van der Waals surface area contributed by atoms with E-state index in [1.165, 1.54) is 4.90 Å². The second-order valence-corrected chi connectivity index (χ2v) is 8.91. The number of nitrogens with zero attached hydrogens (tertiary/aromatic N) is 3. The number of carbonyl (C=O) groups excluding carboxylic acids is 4. The lowest BCUT2D eigenvalue weighted by molar-refractivity contribution is -0.145. The number of hydrogen-bond acceptors (Lipinski definition) is 5. The molecule has 0 aromatic heterocycles. The van der Waals surface area contributed by atoms with Gasteiger partial charge in [-0.05, 0) is 43.7 Å². The molecular formula is C23H30N4O4. The van der Waals surface area contributed by atoms with Crippen LogP contribution >= 0.6 is 0 Å². The third kappa shape index (κ3) is 4.49. The van der Waals surface area contributed by atoms with Crippen LogP contribution in [0, 0.1) is 11.8 Å². The van der Waals surface area contributed by atoms with Crippen molar-refractivity contribution in [2.45, 2.75) is 51.5 Å². The average molecular weight is 427 g/mol. The molecule has 1 aliphatic carbocycles. The van der Waals surface area contributed by atoms with Crippen molar-refractivity contribution >= 4 is 29.4 Å². The molecule has 2 aliphatic heterocycles. The van der Waals surface area contributed by atoms with Crippen LogP contribution in [-0.4, -0.2) is 64.3 Å². The van der Waals surface area contributed by atoms with Gasteiger partial charge in [0, 0.05) is 30.7 Å². The van der Waals surface area contributed by atoms with Crippen LogP contribution in [0.3, 0.4) is 0 Å². The fraction of sp³-hybridized carbons (Fsp3) is 0.565. The molecule has 3 aliphatic rings. The van der Waals surface area contributed by atoms with Crippen LogP contribution in [0.15, 0.2) is 30.3 Å². The molecular weight excluding hydrogens is 396 g/mol. The number of benzene rings is 1. The van der Waals surface area contributed by atoms with Gasteiger partial charge in [0.2, 0.25) is 5.91 Å². The highest BCUT2D eigenvalue weighted by atomic mass is 16.2. The van der Waals surface area contributed by atoms with Gasteiger partial charge in [0.25, 0.3) is 0 Å². The molecule has 5 amide bonds. The van der Waals surface area contributed by atoms with E-state index in [-0.39, 0.29) is 30.5 Å². The number of likely N-dealkylation sites (tertiary alicyclic amines) is 1. The first-order chi connectivity index (χ1) is 15.0. The lowest BCUT2D eigenvalue weighted by Crippen LogP contribution is -2.48. The molecule has 1 saturated carbocycles. The second kappa shape index (κ2) is 9.18. The Bertz CT molecular complexity index is 850. The molecule has 0 unspecified atom stereocenters. The maximum atomic E-state index is 12.9. The largest absolute Gasteiger partial charge is 0.335 e. The van der Waals surface area contributed by atoms with E-state index < -0.39 is 17.8 Å². The van der Waals surface area contributed by atoms with Gasteiger partial charge in [-0.2, -0.15) is 0 Å². The summed E-state index contributed by atoms with van der Waals surface area (Å²) in [5, 5.41) is 2.94. The van der Waals surface area contributed by atoms with Crippen molar-refractivity contribution in [2.24, 2.45) is 11.8 Å². The lowest BCUT2D eigenvalue weighted by Gasteiger charge is -2.35. The molecule has 166 valence electrons. The number of nitrogens with one attached hydrogen (secondary N) is 1. The summed E-state index contributed by atoms with van der Waals surface area (Å²) in [6.45, 7) is 3.34. The minimum Gasteiger partial charge on any atom is -0.326 e. The highest BCUT2D eigenvalue weighted by molar-refractivity contribution is 6.44. The number of amides is 5. The predicted octanol–water partition coefficient (Wildman–Crippen LogP) is 2.66. The molecule has 2 saturated heterocycles. The van der Waals surface area contributed by atoms with Crippen LogP contribution in [0.25, 0.3) is 0 Å². The van der Waals surface area contributed by atoms with E-state index in [1.54, 1.807) is 0 Å². The van der Waals surface area contributed by atoms with Crippen molar-refractivity contribution in [1.29, 1.82) is 0 Å². The third-order valence-electron chi connectivity index (χ3n) is 6.82. The number of carbonyl (C=O) groups is 4. The van der Waals surface area contributed by atoms with Gasteiger partial charge in [-0.3, -0.25) is 24.2 Å². The van der Waals surface area contributed by atoms with Crippen LogP contribution in [0.1, 0.15) is 45.4 Å². The molecule has 2 atom stereocenters. The Morgan fingerprint density at radius 3 is 2.32 bits per heavy atom. The molecule has 8 heteroatoms. The van der Waals surface area contributed by atoms with Crippen molar-refractivity contribution in [3.8, 4) is 0 Å². The van der Waals surface area contributed by atoms with E-state index in [0.29, 0.717) is 25.9 Å². The van der Waals surface area contributed by atoms with E-state index in [4.69, 9.17) is 0 Å². The molecule has 1 N–H and O–H groups in total. The standard InChI is InChI=1S/C23H30N4O4/c1-16-7-5-6-10-19(16)27-22(30)21(29)26(23(27)31)15-25-13-11-17(12-14-25)20(28)24-18-8-3-2-4-9-18/h2-4,8-9,16-17,19H,5-7,10-15H2,1H3,(H,24,28)/t16-,19+/m0/s1. The maximum Gasteiger partial charge on any atom is 0.335 e. The molecule has 1 aromatic carbocycles. The number of rotatable bonds is 5. The summed E-state index contributed by atoms with van der Waals surface area (Å²) in [5.74, 6) is -1.32. The summed E-state index contributed by atoms with van der Waals surface area (Å²) in [4.78, 5) is 54.8. The van der Waals surface area contributed by atoms with Gasteiger partial charge in [0.15, 0.2) is 0 Å². The van der Waals surface area contributed by atoms with E-state index in [0.717, 1.165) is 36.3 Å². The molecule has 4 rings (SSSR count). The molecule has 1 aromatic rings. The van der Waals surface area contributed by atoms with Crippen LogP contribution in [0.4, 0.5) is 10.5 Å². The number of hydrogen-bond donors (Lipinski definition) is 1. The second-order valence-electron chi connectivity index (χ2n) is 8.91. The number of piperidine rings is 1. The SMILES string of the molecule is C[C@H]1CCCC[C@H]1N1C(=O)C(=O)N(CN2CCC(C(=O)Nc3ccccc3)CC2)C1=O. The molecule has 0 bridgehead atoms. The van der Waals surface area contributed by atoms with E-state index in [1.807, 2.05) is 42.2 Å². The molecule has 8 nitrogen and oxygen atoms in total. The third-order valence-corrected chi connectivity index (χ3v) is 6.82. The van der Waals surface area contributed by atoms with E-state index in [2.05, 4.69) is 5.32 Å². The van der Waals surface area contributed by atoms with Crippen molar-refractivity contribution in [2.75, 3.05) is 25.1 Å². The molecule has 2 heterocycles. The highest BCUT2D eigenvalue weighted by Gasteiger charge is 2.49. The predicted molar refractivity (Wildman–Crippen MR) is 115 cm³/mol. The quantitative estimate of drug-likeness (QED) is 0.578. The Morgan fingerprint density at radius 2 is 1.65 bits per heavy atom. The normalized spacial score (nSPS) is 25.9. The summed E-state index contributed by atoms with van der Waals surface area (Å²) in [5.41, 5.74) is 0.777. The summed E-state index contributed by atoms with van der Waals surface area (Å²) < 4.78 is 0. The van der Waals surface area contributed by atoms with Crippen molar-refractivity contribution in [1.82, 2.24) is 14.7 Å². The number of para-hydroxylation sites is 1. The zero-order chi connectivity index (χ0) is 22.0. The fourth-order valence-corrected chi connectivity index (χ4v) is 4.92. The van der Waals surface area contributed by atoms with Crippen molar-refractivity contribution in [3.63, 3.8) is 0 Å². The van der Waals surface area contributed by atoms with Crippen LogP contribution in [0.2, 0.25) is 0 Å². The average Bonchev–Trinajstić information content (AvgIpc) is 2.98. The van der Waals surface area contributed by atoms with Gasteiger partial charge in [-0.25, -0.2) is 9.69 Å². The first kappa shape index (κ1) is 21.5. The minimum absolute atomic E-state index is 0.00758. The Kier molecular flexibility index (Phi) is 6.36. The number of imide groups is 2. The summed E-state index contributed by atoms with van der Waals surface area (Å²) in [6, 6.07) is 8.69. The zero-order valence-corrected chi connectivity index (χ0v) is 18.0. The van der Waals surface area contributed by atoms with Crippen LogP contribution in [-0.2, 0) is 14.4 Å². The highest BCUT2D eigenvalue weighted by Crippen LogP contribution is 2.31. The molecule has 0 spiro atoms. The zero-order valence-electron chi connectivity index (χ0n) is 18.0. The molecule has 0 radical (unpaired) electrons. The van der Waals surface area contributed by atoms with Gasteiger partial charge in [0.05, 0.1) is 6.67 Å². The Balaban J connectivity index is 1.32. The first-order valence-corrected chi connectivity index (χ1v) is 11.2. The smallest absolute Gasteiger partial charge is 0.326 e. The minimum atomic E-state index is -0.730. The van der Waals surface area contributed by atoms with Crippen LogP contribution in [0.5, 0.6) is 0 Å². The molecule has 31 heavy (non-hydrogen) atoms. The summed E-state index contributed by atoms with van der Waals surface area (Å²) >= 11 is 0. The van der Waals surface area contributed by atoms with Crippen molar-refractivity contribution < 1.29 is 19.2 Å². The monoisotopic (exact) mass is 426 g/mol. The van der Waals surface area contributed by atoms with Gasteiger partial charge in [-0.1, -0.05) is 38.0 Å². The Labute approximate surface area is 182 Å². The Morgan fingerprint density at radius 1 is 0.968 bits per heavy atom. The van der Waals surface area contributed by atoms with Crippen LogP contribution < -0.4 is 5.32 Å². The summed E-state index contributed by atoms with van der Waals surface area (Å²) in [6.07, 6.45) is 5.09. The van der Waals surface area contributed by atoms with Gasteiger partial charge in [0.1, 0.15) is 0 Å². The first-order valence-electron chi connectivity index (χ1n) is 11.2. The lowest BCUT2D eigenvalue weighted by atomic mass is 9.85. The number of anilines is 1. The fourth-order valence-electron chi connectivity index (χ4n) is 4.92. The number of urea groups is 1. The van der Waals surface area contributed by atoms with Gasteiger partial charge >= 0.3 is 17.8 Å². The van der Waals surface area contributed by atoms with Crippen molar-refractivity contribution in [3.05, 3.63) is 30.3 Å². The maximum absolute atomic E-state index is 12.9. The molecule has 3 fully saturated rings. The Hall–Kier alpha value is -2.74.